The number of aromatic nitrogens is 2. The Morgan fingerprint density at radius 2 is 2.21 bits per heavy atom. The maximum Gasteiger partial charge on any atom is 0.340 e. The van der Waals surface area contributed by atoms with Gasteiger partial charge in [0.05, 0.1) is 5.69 Å². The monoisotopic (exact) mass is 281 g/mol. The van der Waals surface area contributed by atoms with Crippen molar-refractivity contribution in [3.05, 3.63) is 17.1 Å². The van der Waals surface area contributed by atoms with Gasteiger partial charge in [-0.2, -0.15) is 0 Å². The largest absolute Gasteiger partial charge is 0.478 e. The Kier molecular flexibility index (Phi) is 4.04. The van der Waals surface area contributed by atoms with Gasteiger partial charge in [0.2, 0.25) is 5.91 Å². The van der Waals surface area contributed by atoms with Gasteiger partial charge in [-0.3, -0.25) is 4.79 Å². The maximum atomic E-state index is 11.2. The molecule has 0 radical (unpaired) electrons. The number of aryl methyl sites for hydroxylation is 2. The molecule has 102 valence electrons. The summed E-state index contributed by atoms with van der Waals surface area (Å²) < 4.78 is 0. The van der Waals surface area contributed by atoms with Crippen LogP contribution >= 0.6 is 11.8 Å². The highest BCUT2D eigenvalue weighted by Crippen LogP contribution is 2.25. The lowest BCUT2D eigenvalue weighted by molar-refractivity contribution is -0.119. The Labute approximate surface area is 115 Å². The van der Waals surface area contributed by atoms with E-state index in [4.69, 9.17) is 0 Å². The fourth-order valence-corrected chi connectivity index (χ4v) is 3.20. The van der Waals surface area contributed by atoms with Crippen LogP contribution in [0.1, 0.15) is 34.7 Å². The lowest BCUT2D eigenvalue weighted by Crippen LogP contribution is -2.27. The maximum absolute atomic E-state index is 11.2. The molecule has 1 aliphatic rings. The molecule has 7 heteroatoms. The van der Waals surface area contributed by atoms with Gasteiger partial charge in [0.15, 0.2) is 0 Å². The van der Waals surface area contributed by atoms with Crippen LogP contribution in [-0.4, -0.2) is 38.7 Å². The Hall–Kier alpha value is -1.63. The van der Waals surface area contributed by atoms with Gasteiger partial charge < -0.3 is 10.4 Å². The van der Waals surface area contributed by atoms with Gasteiger partial charge in [-0.05, 0) is 20.3 Å². The summed E-state index contributed by atoms with van der Waals surface area (Å²) >= 11 is 1.36. The summed E-state index contributed by atoms with van der Waals surface area (Å²) in [4.78, 5) is 30.6. The molecule has 1 aliphatic heterocycles. The van der Waals surface area contributed by atoms with Crippen LogP contribution in [0.15, 0.2) is 5.03 Å². The molecule has 1 aromatic heterocycles. The fourth-order valence-electron chi connectivity index (χ4n) is 2.01. The van der Waals surface area contributed by atoms with E-state index >= 15 is 0 Å². The van der Waals surface area contributed by atoms with Crippen molar-refractivity contribution >= 4 is 23.6 Å². The number of hydrogen-bond acceptors (Lipinski definition) is 5. The third kappa shape index (κ3) is 3.23. The molecule has 2 rings (SSSR count). The van der Waals surface area contributed by atoms with E-state index in [0.717, 1.165) is 6.42 Å². The van der Waals surface area contributed by atoms with Crippen molar-refractivity contribution in [1.82, 2.24) is 15.3 Å². The highest BCUT2D eigenvalue weighted by atomic mass is 32.2. The molecule has 0 spiro atoms. The third-order valence-corrected chi connectivity index (χ3v) is 4.03. The summed E-state index contributed by atoms with van der Waals surface area (Å²) in [6, 6.07) is 0.0923. The van der Waals surface area contributed by atoms with Crippen molar-refractivity contribution in [2.45, 2.75) is 37.8 Å². The minimum Gasteiger partial charge on any atom is -0.478 e. The lowest BCUT2D eigenvalue weighted by Gasteiger charge is -2.11. The minimum absolute atomic E-state index is 0.0547. The van der Waals surface area contributed by atoms with Crippen molar-refractivity contribution < 1.29 is 14.7 Å². The van der Waals surface area contributed by atoms with Gasteiger partial charge in [0.25, 0.3) is 0 Å². The van der Waals surface area contributed by atoms with Crippen molar-refractivity contribution in [2.24, 2.45) is 0 Å². The van der Waals surface area contributed by atoms with E-state index in [0.29, 0.717) is 28.7 Å². The number of carbonyl (C=O) groups excluding carboxylic acids is 1. The van der Waals surface area contributed by atoms with Crippen molar-refractivity contribution in [1.29, 1.82) is 0 Å². The summed E-state index contributed by atoms with van der Waals surface area (Å²) in [5.41, 5.74) is 0.623. The summed E-state index contributed by atoms with van der Waals surface area (Å²) in [6.45, 7) is 3.40. The molecule has 1 unspecified atom stereocenters. The van der Waals surface area contributed by atoms with E-state index in [1.807, 2.05) is 0 Å². The normalized spacial score (nSPS) is 18.4. The molecule has 1 amide bonds. The van der Waals surface area contributed by atoms with Crippen LogP contribution in [-0.2, 0) is 4.79 Å². The zero-order chi connectivity index (χ0) is 14.0. The van der Waals surface area contributed by atoms with Gasteiger partial charge in [0, 0.05) is 18.2 Å². The van der Waals surface area contributed by atoms with E-state index < -0.39 is 5.97 Å². The second-order valence-corrected chi connectivity index (χ2v) is 5.46. The topological polar surface area (TPSA) is 92.2 Å². The zero-order valence-corrected chi connectivity index (χ0v) is 11.6. The Morgan fingerprint density at radius 1 is 1.47 bits per heavy atom. The zero-order valence-electron chi connectivity index (χ0n) is 10.8. The highest BCUT2D eigenvalue weighted by Gasteiger charge is 2.23. The summed E-state index contributed by atoms with van der Waals surface area (Å²) in [5.74, 6) is 0.220. The van der Waals surface area contributed by atoms with Gasteiger partial charge in [-0.25, -0.2) is 14.8 Å². The molecule has 0 aliphatic carbocycles. The van der Waals surface area contributed by atoms with Gasteiger partial charge in [-0.1, -0.05) is 0 Å². The van der Waals surface area contributed by atoms with Crippen LogP contribution in [0.3, 0.4) is 0 Å². The Balaban J connectivity index is 2.15. The lowest BCUT2D eigenvalue weighted by atomic mass is 10.2. The third-order valence-electron chi connectivity index (χ3n) is 2.89. The van der Waals surface area contributed by atoms with Crippen LogP contribution in [0.4, 0.5) is 0 Å². The molecule has 0 saturated carbocycles. The number of thioether (sulfide) groups is 1. The van der Waals surface area contributed by atoms with E-state index in [9.17, 15) is 14.7 Å². The molecule has 2 N–H and O–H groups in total. The van der Waals surface area contributed by atoms with E-state index in [2.05, 4.69) is 15.3 Å². The number of nitrogens with zero attached hydrogens (tertiary/aromatic N) is 2. The van der Waals surface area contributed by atoms with Crippen LogP contribution < -0.4 is 5.32 Å². The molecular formula is C12H15N3O3S. The van der Waals surface area contributed by atoms with Crippen molar-refractivity contribution in [2.75, 3.05) is 5.75 Å². The van der Waals surface area contributed by atoms with E-state index in [-0.39, 0.29) is 17.5 Å². The number of hydrogen-bond donors (Lipinski definition) is 2. The molecular weight excluding hydrogens is 266 g/mol. The number of amides is 1. The van der Waals surface area contributed by atoms with Gasteiger partial charge >= 0.3 is 5.97 Å². The summed E-state index contributed by atoms with van der Waals surface area (Å²) in [7, 11) is 0. The SMILES string of the molecule is Cc1nc(C)c(C(=O)O)c(SCC2CCC(=O)N2)n1. The standard InChI is InChI=1S/C12H15N3O3S/c1-6-10(12(17)18)11(14-7(2)13-6)19-5-8-3-4-9(16)15-8/h8H,3-5H2,1-2H3,(H,15,16)(H,17,18). The summed E-state index contributed by atoms with van der Waals surface area (Å²) in [5, 5.41) is 12.5. The predicted molar refractivity (Wildman–Crippen MR) is 70.4 cm³/mol. The molecule has 6 nitrogen and oxygen atoms in total. The summed E-state index contributed by atoms with van der Waals surface area (Å²) in [6.07, 6.45) is 1.33. The van der Waals surface area contributed by atoms with Gasteiger partial charge in [0.1, 0.15) is 16.4 Å². The van der Waals surface area contributed by atoms with E-state index in [1.165, 1.54) is 11.8 Å². The predicted octanol–water partition coefficient (Wildman–Crippen LogP) is 1.16. The number of nitrogens with one attached hydrogen (secondary N) is 1. The van der Waals surface area contributed by atoms with Crippen LogP contribution in [0, 0.1) is 13.8 Å². The average molecular weight is 281 g/mol. The molecule has 1 atom stereocenters. The molecule has 2 heterocycles. The van der Waals surface area contributed by atoms with Crippen LogP contribution in [0.25, 0.3) is 0 Å². The van der Waals surface area contributed by atoms with E-state index in [1.54, 1.807) is 13.8 Å². The van der Waals surface area contributed by atoms with Crippen LogP contribution in [0.5, 0.6) is 0 Å². The number of carboxylic acid groups (broad SMARTS) is 1. The Morgan fingerprint density at radius 3 is 2.79 bits per heavy atom. The second-order valence-electron chi connectivity index (χ2n) is 4.46. The molecule has 1 saturated heterocycles. The number of rotatable bonds is 4. The molecule has 19 heavy (non-hydrogen) atoms. The molecule has 0 aromatic carbocycles. The first kappa shape index (κ1) is 13.8. The number of carbonyl (C=O) groups is 2. The Bertz CT molecular complexity index is 533. The first-order chi connectivity index (χ1) is 8.97. The fraction of sp³-hybridized carbons (Fsp3) is 0.500. The second kappa shape index (κ2) is 5.56. The van der Waals surface area contributed by atoms with Crippen molar-refractivity contribution in [3.63, 3.8) is 0 Å². The molecule has 0 bridgehead atoms. The average Bonchev–Trinajstić information content (AvgIpc) is 2.71. The highest BCUT2D eigenvalue weighted by molar-refractivity contribution is 7.99. The number of aromatic carboxylic acids is 1. The van der Waals surface area contributed by atoms with Crippen LogP contribution in [0.2, 0.25) is 0 Å². The smallest absolute Gasteiger partial charge is 0.340 e. The van der Waals surface area contributed by atoms with Gasteiger partial charge in [-0.15, -0.1) is 11.8 Å². The van der Waals surface area contributed by atoms with Crippen molar-refractivity contribution in [3.8, 4) is 0 Å². The first-order valence-corrected chi connectivity index (χ1v) is 6.96. The quantitative estimate of drug-likeness (QED) is 0.635. The number of carboxylic acids is 1. The first-order valence-electron chi connectivity index (χ1n) is 5.98. The minimum atomic E-state index is -1.02. The molecule has 1 aromatic rings. The molecule has 1 fully saturated rings.